The van der Waals surface area contributed by atoms with Crippen LogP contribution in [0.5, 0.6) is 0 Å². The molecule has 1 aromatic carbocycles. The summed E-state index contributed by atoms with van der Waals surface area (Å²) in [6.07, 6.45) is 4.24. The maximum absolute atomic E-state index is 12.4. The monoisotopic (exact) mass is 321 g/mol. The van der Waals surface area contributed by atoms with Gasteiger partial charge in [0.1, 0.15) is 0 Å². The Bertz CT molecular complexity index is 573. The van der Waals surface area contributed by atoms with E-state index in [4.69, 9.17) is 0 Å². The minimum Gasteiger partial charge on any atom is -0.339 e. The van der Waals surface area contributed by atoms with Crippen LogP contribution < -0.4 is 0 Å². The summed E-state index contributed by atoms with van der Waals surface area (Å²) < 4.78 is 0. The quantitative estimate of drug-likeness (QED) is 0.795. The molecule has 100 valence electrons. The van der Waals surface area contributed by atoms with Gasteiger partial charge >= 0.3 is 0 Å². The van der Waals surface area contributed by atoms with Gasteiger partial charge in [-0.3, -0.25) is 14.8 Å². The van der Waals surface area contributed by atoms with Crippen molar-refractivity contribution in [3.05, 3.63) is 36.2 Å². The summed E-state index contributed by atoms with van der Waals surface area (Å²) in [5.41, 5.74) is 2.23. The standard InChI is InChI=1S/C14H16BrN3O/c1-2-18(9-3-6-15)14(19)11-4-5-12-13(10-11)17-8-7-16-12/h4-5,7-8,10H,2-3,6,9H2,1H3. The molecule has 0 saturated carbocycles. The highest BCUT2D eigenvalue weighted by Crippen LogP contribution is 2.13. The molecule has 19 heavy (non-hydrogen) atoms. The molecule has 1 heterocycles. The van der Waals surface area contributed by atoms with Gasteiger partial charge in [-0.1, -0.05) is 15.9 Å². The molecule has 0 atom stereocenters. The Labute approximate surface area is 121 Å². The van der Waals surface area contributed by atoms with Gasteiger partial charge in [0.05, 0.1) is 11.0 Å². The third-order valence-electron chi connectivity index (χ3n) is 2.95. The van der Waals surface area contributed by atoms with E-state index in [0.717, 1.165) is 29.3 Å². The average Bonchev–Trinajstić information content (AvgIpc) is 2.47. The number of fused-ring (bicyclic) bond motifs is 1. The van der Waals surface area contributed by atoms with Gasteiger partial charge in [0.15, 0.2) is 0 Å². The van der Waals surface area contributed by atoms with Crippen LogP contribution in [0, 0.1) is 0 Å². The summed E-state index contributed by atoms with van der Waals surface area (Å²) in [7, 11) is 0. The number of halogens is 1. The lowest BCUT2D eigenvalue weighted by molar-refractivity contribution is 0.0765. The number of rotatable bonds is 5. The van der Waals surface area contributed by atoms with E-state index in [1.165, 1.54) is 0 Å². The molecule has 4 nitrogen and oxygen atoms in total. The largest absolute Gasteiger partial charge is 0.339 e. The zero-order valence-electron chi connectivity index (χ0n) is 10.8. The fraction of sp³-hybridized carbons (Fsp3) is 0.357. The van der Waals surface area contributed by atoms with E-state index in [-0.39, 0.29) is 5.91 Å². The second-order valence-corrected chi connectivity index (χ2v) is 4.98. The number of hydrogen-bond donors (Lipinski definition) is 0. The van der Waals surface area contributed by atoms with Crippen LogP contribution in [0.25, 0.3) is 11.0 Å². The topological polar surface area (TPSA) is 46.1 Å². The Balaban J connectivity index is 2.24. The summed E-state index contributed by atoms with van der Waals surface area (Å²) in [4.78, 5) is 22.7. The molecule has 2 aromatic rings. The zero-order valence-corrected chi connectivity index (χ0v) is 12.4. The van der Waals surface area contributed by atoms with Gasteiger partial charge in [-0.25, -0.2) is 0 Å². The van der Waals surface area contributed by atoms with Crippen molar-refractivity contribution in [3.63, 3.8) is 0 Å². The first-order valence-electron chi connectivity index (χ1n) is 6.32. The third kappa shape index (κ3) is 3.29. The molecular weight excluding hydrogens is 306 g/mol. The molecule has 0 unspecified atom stereocenters. The lowest BCUT2D eigenvalue weighted by atomic mass is 10.1. The van der Waals surface area contributed by atoms with Gasteiger partial charge < -0.3 is 4.90 Å². The van der Waals surface area contributed by atoms with E-state index < -0.39 is 0 Å². The number of nitrogens with zero attached hydrogens (tertiary/aromatic N) is 3. The number of hydrogen-bond acceptors (Lipinski definition) is 3. The smallest absolute Gasteiger partial charge is 0.253 e. The maximum Gasteiger partial charge on any atom is 0.253 e. The molecule has 0 aliphatic carbocycles. The Morgan fingerprint density at radius 2 is 2.00 bits per heavy atom. The lowest BCUT2D eigenvalue weighted by Crippen LogP contribution is -2.31. The van der Waals surface area contributed by atoms with Crippen LogP contribution in [-0.4, -0.2) is 39.2 Å². The summed E-state index contributed by atoms with van der Waals surface area (Å²) in [6.45, 7) is 3.47. The fourth-order valence-corrected chi connectivity index (χ4v) is 2.18. The van der Waals surface area contributed by atoms with Crippen LogP contribution in [0.15, 0.2) is 30.6 Å². The van der Waals surface area contributed by atoms with Crippen LogP contribution in [0.4, 0.5) is 0 Å². The fourth-order valence-electron chi connectivity index (χ4n) is 1.93. The number of amides is 1. The van der Waals surface area contributed by atoms with Gasteiger partial charge in [-0.05, 0) is 31.5 Å². The Morgan fingerprint density at radius 3 is 2.68 bits per heavy atom. The molecule has 0 aliphatic heterocycles. The highest BCUT2D eigenvalue weighted by atomic mass is 79.9. The molecule has 0 radical (unpaired) electrons. The van der Waals surface area contributed by atoms with Crippen molar-refractivity contribution in [1.82, 2.24) is 14.9 Å². The molecule has 5 heteroatoms. The lowest BCUT2D eigenvalue weighted by Gasteiger charge is -2.20. The van der Waals surface area contributed by atoms with Crippen LogP contribution in [0.2, 0.25) is 0 Å². The normalized spacial score (nSPS) is 10.6. The summed E-state index contributed by atoms with van der Waals surface area (Å²) in [5, 5.41) is 0.903. The molecule has 0 aliphatic rings. The summed E-state index contributed by atoms with van der Waals surface area (Å²) >= 11 is 3.39. The Hall–Kier alpha value is -1.49. The first kappa shape index (κ1) is 13.9. The highest BCUT2D eigenvalue weighted by Gasteiger charge is 2.14. The van der Waals surface area contributed by atoms with Crippen molar-refractivity contribution >= 4 is 32.9 Å². The second kappa shape index (κ2) is 6.61. The van der Waals surface area contributed by atoms with Crippen molar-refractivity contribution in [2.75, 3.05) is 18.4 Å². The van der Waals surface area contributed by atoms with E-state index in [0.29, 0.717) is 12.1 Å². The maximum atomic E-state index is 12.4. The molecule has 0 saturated heterocycles. The molecule has 0 N–H and O–H groups in total. The predicted molar refractivity (Wildman–Crippen MR) is 79.5 cm³/mol. The predicted octanol–water partition coefficient (Wildman–Crippen LogP) is 2.88. The van der Waals surface area contributed by atoms with Crippen molar-refractivity contribution in [3.8, 4) is 0 Å². The summed E-state index contributed by atoms with van der Waals surface area (Å²) in [5.74, 6) is 0.0519. The average molecular weight is 322 g/mol. The first-order chi connectivity index (χ1) is 9.26. The van der Waals surface area contributed by atoms with Gasteiger partial charge in [0.25, 0.3) is 5.91 Å². The van der Waals surface area contributed by atoms with Crippen LogP contribution in [-0.2, 0) is 0 Å². The highest BCUT2D eigenvalue weighted by molar-refractivity contribution is 9.09. The van der Waals surface area contributed by atoms with Crippen LogP contribution in [0.1, 0.15) is 23.7 Å². The van der Waals surface area contributed by atoms with Gasteiger partial charge in [-0.15, -0.1) is 0 Å². The van der Waals surface area contributed by atoms with Crippen molar-refractivity contribution in [1.29, 1.82) is 0 Å². The van der Waals surface area contributed by atoms with E-state index in [1.807, 2.05) is 30.0 Å². The first-order valence-corrected chi connectivity index (χ1v) is 7.44. The second-order valence-electron chi connectivity index (χ2n) is 4.19. The van der Waals surface area contributed by atoms with E-state index in [2.05, 4.69) is 25.9 Å². The number of alkyl halides is 1. The van der Waals surface area contributed by atoms with Crippen molar-refractivity contribution in [2.45, 2.75) is 13.3 Å². The number of aromatic nitrogens is 2. The molecular formula is C14H16BrN3O. The minimum absolute atomic E-state index is 0.0519. The number of carbonyl (C=O) groups excluding carboxylic acids is 1. The molecule has 1 amide bonds. The third-order valence-corrected chi connectivity index (χ3v) is 3.51. The van der Waals surface area contributed by atoms with E-state index >= 15 is 0 Å². The number of benzene rings is 1. The van der Waals surface area contributed by atoms with Gasteiger partial charge in [0, 0.05) is 36.4 Å². The van der Waals surface area contributed by atoms with Crippen LogP contribution >= 0.6 is 15.9 Å². The van der Waals surface area contributed by atoms with Crippen LogP contribution in [0.3, 0.4) is 0 Å². The molecule has 0 bridgehead atoms. The SMILES string of the molecule is CCN(CCCBr)C(=O)c1ccc2nccnc2c1. The van der Waals surface area contributed by atoms with Crippen molar-refractivity contribution in [2.24, 2.45) is 0 Å². The van der Waals surface area contributed by atoms with Crippen molar-refractivity contribution < 1.29 is 4.79 Å². The number of carbonyl (C=O) groups is 1. The summed E-state index contributed by atoms with van der Waals surface area (Å²) in [6, 6.07) is 5.46. The van der Waals surface area contributed by atoms with Gasteiger partial charge in [0.2, 0.25) is 0 Å². The zero-order chi connectivity index (χ0) is 13.7. The molecule has 0 spiro atoms. The van der Waals surface area contributed by atoms with Gasteiger partial charge in [-0.2, -0.15) is 0 Å². The Kier molecular flexibility index (Phi) is 4.85. The van der Waals surface area contributed by atoms with E-state index in [1.54, 1.807) is 12.4 Å². The molecule has 2 rings (SSSR count). The molecule has 1 aromatic heterocycles. The minimum atomic E-state index is 0.0519. The van der Waals surface area contributed by atoms with E-state index in [9.17, 15) is 4.79 Å². The molecule has 0 fully saturated rings. The Morgan fingerprint density at radius 1 is 1.26 bits per heavy atom.